The van der Waals surface area contributed by atoms with Gasteiger partial charge in [0.15, 0.2) is 5.41 Å². The molecule has 1 aliphatic carbocycles. The summed E-state index contributed by atoms with van der Waals surface area (Å²) in [5.41, 5.74) is -2.93. The Labute approximate surface area is 145 Å². The third-order valence-corrected chi connectivity index (χ3v) is 5.97. The van der Waals surface area contributed by atoms with E-state index in [0.29, 0.717) is 18.5 Å². The van der Waals surface area contributed by atoms with E-state index in [0.717, 1.165) is 19.3 Å². The van der Waals surface area contributed by atoms with Gasteiger partial charge in [0.2, 0.25) is 17.1 Å². The predicted molar refractivity (Wildman–Crippen MR) is 84.4 cm³/mol. The Morgan fingerprint density at radius 1 is 1.16 bits per heavy atom. The van der Waals surface area contributed by atoms with Crippen molar-refractivity contribution in [3.05, 3.63) is 24.0 Å². The average Bonchev–Trinajstić information content (AvgIpc) is 3.14. The number of aromatic nitrogens is 1. The molecule has 2 bridgehead atoms. The molecule has 3 fully saturated rings. The normalized spacial score (nSPS) is 38.4. The van der Waals surface area contributed by atoms with Gasteiger partial charge in [0.1, 0.15) is 6.10 Å². The summed E-state index contributed by atoms with van der Waals surface area (Å²) < 4.78 is 12.2. The van der Waals surface area contributed by atoms with Crippen molar-refractivity contribution in [3.8, 4) is 18.2 Å². The maximum absolute atomic E-state index is 10.1. The van der Waals surface area contributed by atoms with Crippen LogP contribution in [0.15, 0.2) is 18.3 Å². The third-order valence-electron chi connectivity index (χ3n) is 5.97. The van der Waals surface area contributed by atoms with Crippen LogP contribution in [0.5, 0.6) is 0 Å². The second kappa shape index (κ2) is 5.09. The summed E-state index contributed by atoms with van der Waals surface area (Å²) in [5.74, 6) is -1.92. The highest BCUT2D eigenvalue weighted by molar-refractivity contribution is 5.89. The first-order valence-corrected chi connectivity index (χ1v) is 8.43. The molecule has 3 heterocycles. The summed E-state index contributed by atoms with van der Waals surface area (Å²) >= 11 is 0. The third kappa shape index (κ3) is 1.63. The average molecular weight is 335 g/mol. The molecule has 1 saturated carbocycles. The minimum atomic E-state index is -1.85. The van der Waals surface area contributed by atoms with Crippen LogP contribution in [0.25, 0.3) is 0 Å². The SMILES string of the molecule is N#CC1(C#N)C(c2ccc[nH]2)OC23CCCCCC2C1(C#N)C(=N)O3. The lowest BCUT2D eigenvalue weighted by Crippen LogP contribution is -2.59. The van der Waals surface area contributed by atoms with Gasteiger partial charge in [-0.25, -0.2) is 0 Å². The highest BCUT2D eigenvalue weighted by atomic mass is 16.7. The number of nitrogens with one attached hydrogen (secondary N) is 2. The quantitative estimate of drug-likeness (QED) is 0.815. The van der Waals surface area contributed by atoms with E-state index in [2.05, 4.69) is 23.2 Å². The summed E-state index contributed by atoms with van der Waals surface area (Å²) in [5, 5.41) is 38.6. The van der Waals surface area contributed by atoms with E-state index < -0.39 is 28.6 Å². The van der Waals surface area contributed by atoms with Gasteiger partial charge in [-0.3, -0.25) is 5.41 Å². The van der Waals surface area contributed by atoms with Gasteiger partial charge in [-0.1, -0.05) is 12.8 Å². The minimum absolute atomic E-state index is 0.306. The zero-order valence-electron chi connectivity index (χ0n) is 13.6. The van der Waals surface area contributed by atoms with Gasteiger partial charge in [-0.05, 0) is 25.0 Å². The number of hydrogen-bond donors (Lipinski definition) is 2. The number of rotatable bonds is 1. The van der Waals surface area contributed by atoms with Crippen LogP contribution in [0.4, 0.5) is 0 Å². The number of H-pyrrole nitrogens is 1. The van der Waals surface area contributed by atoms with Crippen molar-refractivity contribution in [3.63, 3.8) is 0 Å². The fourth-order valence-corrected chi connectivity index (χ4v) is 4.82. The van der Waals surface area contributed by atoms with E-state index in [9.17, 15) is 15.8 Å². The Morgan fingerprint density at radius 2 is 1.96 bits per heavy atom. The molecule has 4 rings (SSSR count). The Kier molecular flexibility index (Phi) is 3.19. The van der Waals surface area contributed by atoms with Crippen LogP contribution in [0.1, 0.15) is 43.9 Å². The number of nitrogens with zero attached hydrogens (tertiary/aromatic N) is 3. The molecule has 3 aliphatic rings. The molecule has 0 aromatic carbocycles. The monoisotopic (exact) mass is 335 g/mol. The van der Waals surface area contributed by atoms with Gasteiger partial charge in [-0.2, -0.15) is 15.8 Å². The van der Waals surface area contributed by atoms with Gasteiger partial charge in [0.25, 0.3) is 0 Å². The summed E-state index contributed by atoms with van der Waals surface area (Å²) in [6.07, 6.45) is 4.53. The Hall–Kier alpha value is -2.82. The molecule has 25 heavy (non-hydrogen) atoms. The second-order valence-electron chi connectivity index (χ2n) is 6.97. The number of hydrogen-bond acceptors (Lipinski definition) is 6. The van der Waals surface area contributed by atoms with Crippen molar-refractivity contribution >= 4 is 5.90 Å². The van der Waals surface area contributed by atoms with E-state index in [1.54, 1.807) is 18.3 Å². The van der Waals surface area contributed by atoms with Crippen molar-refractivity contribution in [2.45, 2.75) is 44.0 Å². The largest absolute Gasteiger partial charge is 0.447 e. The molecular formula is C18H17N5O2. The lowest BCUT2D eigenvalue weighted by atomic mass is 9.53. The van der Waals surface area contributed by atoms with Gasteiger partial charge in [0.05, 0.1) is 24.1 Å². The van der Waals surface area contributed by atoms with Crippen LogP contribution >= 0.6 is 0 Å². The second-order valence-corrected chi connectivity index (χ2v) is 6.97. The molecule has 2 aliphatic heterocycles. The molecule has 2 N–H and O–H groups in total. The Balaban J connectivity index is 2.01. The summed E-state index contributed by atoms with van der Waals surface area (Å²) in [6.45, 7) is 0. The van der Waals surface area contributed by atoms with Crippen LogP contribution in [0.2, 0.25) is 0 Å². The highest BCUT2D eigenvalue weighted by Gasteiger charge is 2.80. The van der Waals surface area contributed by atoms with Gasteiger partial charge < -0.3 is 14.5 Å². The highest BCUT2D eigenvalue weighted by Crippen LogP contribution is 2.68. The smallest absolute Gasteiger partial charge is 0.217 e. The molecule has 7 heteroatoms. The molecule has 126 valence electrons. The Bertz CT molecular complexity index is 828. The summed E-state index contributed by atoms with van der Waals surface area (Å²) in [7, 11) is 0. The van der Waals surface area contributed by atoms with Crippen LogP contribution < -0.4 is 0 Å². The lowest BCUT2D eigenvalue weighted by Gasteiger charge is -2.49. The van der Waals surface area contributed by atoms with Crippen molar-refractivity contribution < 1.29 is 9.47 Å². The Morgan fingerprint density at radius 3 is 2.60 bits per heavy atom. The molecule has 2 saturated heterocycles. The summed E-state index contributed by atoms with van der Waals surface area (Å²) in [4.78, 5) is 3.00. The van der Waals surface area contributed by atoms with Crippen molar-refractivity contribution in [1.29, 1.82) is 21.2 Å². The van der Waals surface area contributed by atoms with Crippen molar-refractivity contribution in [1.82, 2.24) is 4.98 Å². The molecule has 0 spiro atoms. The molecule has 0 radical (unpaired) electrons. The van der Waals surface area contributed by atoms with E-state index in [1.807, 2.05) is 0 Å². The molecule has 4 unspecified atom stereocenters. The van der Waals surface area contributed by atoms with Crippen LogP contribution in [0, 0.1) is 56.2 Å². The fourth-order valence-electron chi connectivity index (χ4n) is 4.82. The minimum Gasteiger partial charge on any atom is -0.447 e. The standard InChI is InChI=1S/C18H17N5O2/c19-9-16(10-20)14(12-5-4-8-23-12)24-18-7-3-1-2-6-13(18)17(16,11-21)15(22)25-18/h4-5,8,13-14,22-23H,1-3,6-7H2. The maximum Gasteiger partial charge on any atom is 0.217 e. The van der Waals surface area contributed by atoms with Gasteiger partial charge in [-0.15, -0.1) is 0 Å². The molecule has 4 atom stereocenters. The molecule has 1 aromatic rings. The van der Waals surface area contributed by atoms with E-state index in [-0.39, 0.29) is 5.90 Å². The number of nitriles is 3. The molecular weight excluding hydrogens is 318 g/mol. The van der Waals surface area contributed by atoms with E-state index in [4.69, 9.17) is 14.9 Å². The zero-order chi connectivity index (χ0) is 17.7. The summed E-state index contributed by atoms with van der Waals surface area (Å²) in [6, 6.07) is 9.77. The zero-order valence-corrected chi connectivity index (χ0v) is 13.6. The number of aromatic amines is 1. The van der Waals surface area contributed by atoms with Gasteiger partial charge >= 0.3 is 0 Å². The fraction of sp³-hybridized carbons (Fsp3) is 0.556. The number of ether oxygens (including phenoxy) is 2. The van der Waals surface area contributed by atoms with E-state index in [1.165, 1.54) is 0 Å². The first-order valence-electron chi connectivity index (χ1n) is 8.43. The van der Waals surface area contributed by atoms with Crippen LogP contribution in [-0.2, 0) is 9.47 Å². The molecule has 7 nitrogen and oxygen atoms in total. The maximum atomic E-state index is 10.1. The van der Waals surface area contributed by atoms with E-state index >= 15 is 0 Å². The molecule has 0 amide bonds. The topological polar surface area (TPSA) is 129 Å². The molecule has 1 aromatic heterocycles. The lowest BCUT2D eigenvalue weighted by molar-refractivity contribution is -0.285. The van der Waals surface area contributed by atoms with Crippen LogP contribution in [0.3, 0.4) is 0 Å². The van der Waals surface area contributed by atoms with Crippen molar-refractivity contribution in [2.75, 3.05) is 0 Å². The van der Waals surface area contributed by atoms with Crippen LogP contribution in [-0.4, -0.2) is 16.7 Å². The van der Waals surface area contributed by atoms with Crippen molar-refractivity contribution in [2.24, 2.45) is 16.7 Å². The predicted octanol–water partition coefficient (Wildman–Crippen LogP) is 2.91. The van der Waals surface area contributed by atoms with Gasteiger partial charge in [0, 0.05) is 18.3 Å². The first-order chi connectivity index (χ1) is 12.1. The first kappa shape index (κ1) is 15.7.